The predicted molar refractivity (Wildman–Crippen MR) is 163 cm³/mol. The number of sulfonamides is 1. The number of unbranched alkanes of at least 4 members (excludes halogenated alkanes) is 1. The summed E-state index contributed by atoms with van der Waals surface area (Å²) >= 11 is 1.33. The van der Waals surface area contributed by atoms with Gasteiger partial charge in [0.25, 0.3) is 0 Å². The van der Waals surface area contributed by atoms with Crippen LogP contribution in [-0.2, 0) is 21.4 Å². The average Bonchev–Trinajstić information content (AvgIpc) is 3.08. The summed E-state index contributed by atoms with van der Waals surface area (Å²) in [5.74, 6) is -2.54. The minimum Gasteiger partial charge on any atom is -0.497 e. The van der Waals surface area contributed by atoms with E-state index in [1.54, 1.807) is 37.4 Å². The fourth-order valence-corrected chi connectivity index (χ4v) is 7.44. The molecule has 0 aromatic heterocycles. The molecular formula is C31H34F2N2O6S2. The molecule has 230 valence electrons. The zero-order chi connectivity index (χ0) is 31.1. The lowest BCUT2D eigenvalue weighted by Crippen LogP contribution is -2.43. The second-order valence-electron chi connectivity index (χ2n) is 9.87. The quantitative estimate of drug-likeness (QED) is 0.128. The number of nitrogens with zero attached hydrogens (tertiary/aromatic N) is 2. The zero-order valence-corrected chi connectivity index (χ0v) is 25.8. The summed E-state index contributed by atoms with van der Waals surface area (Å²) in [6.45, 7) is 4.29. The number of fused-ring (bicyclic) bond motifs is 1. The molecule has 4 rings (SSSR count). The maximum atomic E-state index is 14.6. The third kappa shape index (κ3) is 7.49. The van der Waals surface area contributed by atoms with Crippen LogP contribution in [0, 0.1) is 5.82 Å². The predicted octanol–water partition coefficient (Wildman–Crippen LogP) is 7.12. The molecule has 1 N–H and O–H groups in total. The van der Waals surface area contributed by atoms with E-state index in [0.717, 1.165) is 18.4 Å². The van der Waals surface area contributed by atoms with Gasteiger partial charge in [0, 0.05) is 30.9 Å². The van der Waals surface area contributed by atoms with Crippen LogP contribution in [0.15, 0.2) is 82.5 Å². The molecule has 1 unspecified atom stereocenters. The van der Waals surface area contributed by atoms with Crippen LogP contribution < -0.4 is 14.4 Å². The fourth-order valence-electron chi connectivity index (χ4n) is 4.86. The first-order chi connectivity index (χ1) is 20.6. The molecule has 0 saturated heterocycles. The molecule has 43 heavy (non-hydrogen) atoms. The van der Waals surface area contributed by atoms with Gasteiger partial charge in [-0.25, -0.2) is 17.6 Å². The summed E-state index contributed by atoms with van der Waals surface area (Å²) in [6.07, 6.45) is 2.65. The summed E-state index contributed by atoms with van der Waals surface area (Å²) < 4.78 is 69.2. The Balaban J connectivity index is 1.94. The number of halogens is 2. The molecule has 0 radical (unpaired) electrons. The van der Waals surface area contributed by atoms with Crippen molar-refractivity contribution < 1.29 is 36.6 Å². The van der Waals surface area contributed by atoms with E-state index < -0.39 is 33.7 Å². The van der Waals surface area contributed by atoms with Crippen LogP contribution in [-0.4, -0.2) is 49.2 Å². The van der Waals surface area contributed by atoms with Gasteiger partial charge in [0.1, 0.15) is 28.5 Å². The number of carbonyl (C=O) groups is 1. The molecule has 1 heterocycles. The van der Waals surface area contributed by atoms with Crippen LogP contribution in [0.3, 0.4) is 0 Å². The van der Waals surface area contributed by atoms with Gasteiger partial charge in [0.2, 0.25) is 15.9 Å². The van der Waals surface area contributed by atoms with Gasteiger partial charge in [-0.2, -0.15) is 8.70 Å². The number of carboxylic acids is 1. The van der Waals surface area contributed by atoms with Crippen molar-refractivity contribution in [1.82, 2.24) is 4.31 Å². The van der Waals surface area contributed by atoms with Crippen molar-refractivity contribution in [3.8, 4) is 11.5 Å². The first-order valence-electron chi connectivity index (χ1n) is 13.8. The zero-order valence-electron chi connectivity index (χ0n) is 24.1. The summed E-state index contributed by atoms with van der Waals surface area (Å²) in [7, 11) is -2.65. The number of thioether (sulfide) groups is 1. The maximum Gasteiger partial charge on any atom is 0.368 e. The largest absolute Gasteiger partial charge is 0.497 e. The molecule has 1 aliphatic heterocycles. The summed E-state index contributed by atoms with van der Waals surface area (Å²) in [6, 6.07) is 15.5. The van der Waals surface area contributed by atoms with E-state index in [0.29, 0.717) is 40.5 Å². The highest BCUT2D eigenvalue weighted by Crippen LogP contribution is 2.45. The van der Waals surface area contributed by atoms with Crippen molar-refractivity contribution in [3.05, 3.63) is 84.1 Å². The standard InChI is InChI=1S/C31H34F2N2O6S2/c1-4-6-7-24-19-34(23-12-10-22(32)11-13-23)27-16-29(42-5-2)28(41-20-26(33)31(36)37)17-30(27)43(38,39)35(24)18-21-8-14-25(40-3)15-9-21/h8-17,20,24H,4-7,18-19H2,1-3H3,(H,36,37)/b26-20-. The van der Waals surface area contributed by atoms with Crippen molar-refractivity contribution in [2.24, 2.45) is 0 Å². The molecule has 0 aliphatic carbocycles. The fraction of sp³-hybridized carbons (Fsp3) is 0.323. The number of hydrogen-bond donors (Lipinski definition) is 1. The van der Waals surface area contributed by atoms with Crippen molar-refractivity contribution in [2.45, 2.75) is 55.5 Å². The van der Waals surface area contributed by atoms with E-state index in [9.17, 15) is 22.0 Å². The van der Waals surface area contributed by atoms with Crippen LogP contribution in [0.1, 0.15) is 38.7 Å². The number of ether oxygens (including phenoxy) is 2. The highest BCUT2D eigenvalue weighted by Gasteiger charge is 2.40. The highest BCUT2D eigenvalue weighted by atomic mass is 32.2. The molecule has 3 aromatic carbocycles. The Hall–Kier alpha value is -3.61. The Kier molecular flexibility index (Phi) is 10.7. The first-order valence-corrected chi connectivity index (χ1v) is 16.3. The molecule has 0 saturated carbocycles. The number of methoxy groups -OCH3 is 1. The first kappa shape index (κ1) is 32.3. The van der Waals surface area contributed by atoms with Crippen molar-refractivity contribution in [3.63, 3.8) is 0 Å². The number of hydrogen-bond acceptors (Lipinski definition) is 7. The number of anilines is 2. The monoisotopic (exact) mass is 632 g/mol. The summed E-state index contributed by atoms with van der Waals surface area (Å²) in [4.78, 5) is 13.3. The SMILES string of the molecule is CCCCC1CN(c2ccc(F)cc2)c2cc(SCC)c(O/C=C(\F)C(=O)O)cc2S(=O)(=O)N1Cc1ccc(OC)cc1. The average molecular weight is 633 g/mol. The maximum absolute atomic E-state index is 14.6. The Morgan fingerprint density at radius 2 is 1.81 bits per heavy atom. The number of carboxylic acid groups (broad SMARTS) is 1. The van der Waals surface area contributed by atoms with E-state index in [4.69, 9.17) is 14.6 Å². The lowest BCUT2D eigenvalue weighted by atomic mass is 10.1. The van der Waals surface area contributed by atoms with E-state index >= 15 is 0 Å². The molecule has 3 aromatic rings. The number of aliphatic carboxylic acids is 1. The Bertz CT molecular complexity index is 1560. The van der Waals surface area contributed by atoms with Gasteiger partial charge in [0.05, 0.1) is 17.7 Å². The van der Waals surface area contributed by atoms with Gasteiger partial charge in [0.15, 0.2) is 0 Å². The van der Waals surface area contributed by atoms with Crippen LogP contribution in [0.4, 0.5) is 20.2 Å². The molecule has 12 heteroatoms. The van der Waals surface area contributed by atoms with Crippen molar-refractivity contribution in [1.29, 1.82) is 0 Å². The second-order valence-corrected chi connectivity index (χ2v) is 13.0. The molecule has 0 fully saturated rings. The van der Waals surface area contributed by atoms with Gasteiger partial charge >= 0.3 is 5.97 Å². The van der Waals surface area contributed by atoms with E-state index in [-0.39, 0.29) is 23.7 Å². The third-order valence-electron chi connectivity index (χ3n) is 7.02. The molecule has 0 bridgehead atoms. The van der Waals surface area contributed by atoms with Gasteiger partial charge in [-0.1, -0.05) is 38.8 Å². The Labute approximate surface area is 255 Å². The van der Waals surface area contributed by atoms with Crippen molar-refractivity contribution in [2.75, 3.05) is 24.3 Å². The molecule has 1 aliphatic rings. The summed E-state index contributed by atoms with van der Waals surface area (Å²) in [5.41, 5.74) is 1.71. The molecule has 0 spiro atoms. The van der Waals surface area contributed by atoms with Crippen molar-refractivity contribution >= 4 is 39.1 Å². The molecule has 0 amide bonds. The van der Waals surface area contributed by atoms with Crippen LogP contribution >= 0.6 is 11.8 Å². The van der Waals surface area contributed by atoms with E-state index in [2.05, 4.69) is 0 Å². The minimum atomic E-state index is -4.20. The normalized spacial score (nSPS) is 16.8. The van der Waals surface area contributed by atoms with Gasteiger partial charge in [-0.15, -0.1) is 11.8 Å². The molecule has 1 atom stereocenters. The Morgan fingerprint density at radius 1 is 1.12 bits per heavy atom. The van der Waals surface area contributed by atoms with Gasteiger partial charge in [-0.05, 0) is 60.2 Å². The van der Waals surface area contributed by atoms with E-state index in [1.165, 1.54) is 34.3 Å². The van der Waals surface area contributed by atoms with E-state index in [1.807, 2.05) is 30.9 Å². The molecule has 8 nitrogen and oxygen atoms in total. The lowest BCUT2D eigenvalue weighted by Gasteiger charge is -2.31. The van der Waals surface area contributed by atoms with Crippen LogP contribution in [0.5, 0.6) is 11.5 Å². The highest BCUT2D eigenvalue weighted by molar-refractivity contribution is 7.99. The minimum absolute atomic E-state index is 0.000960. The number of rotatable bonds is 12. The van der Waals surface area contributed by atoms with Crippen LogP contribution in [0.25, 0.3) is 0 Å². The van der Waals surface area contributed by atoms with Gasteiger partial charge < -0.3 is 19.5 Å². The smallest absolute Gasteiger partial charge is 0.368 e. The number of benzene rings is 3. The topological polar surface area (TPSA) is 96.4 Å². The Morgan fingerprint density at radius 3 is 2.42 bits per heavy atom. The summed E-state index contributed by atoms with van der Waals surface area (Å²) in [5, 5.41) is 8.96. The molecular weight excluding hydrogens is 598 g/mol. The van der Waals surface area contributed by atoms with Crippen LogP contribution in [0.2, 0.25) is 0 Å². The second kappa shape index (κ2) is 14.2. The lowest BCUT2D eigenvalue weighted by molar-refractivity contribution is -0.134. The van der Waals surface area contributed by atoms with Gasteiger partial charge in [-0.3, -0.25) is 0 Å². The third-order valence-corrected chi connectivity index (χ3v) is 9.87.